The number of carbonyl (C=O) groups is 1. The maximum Gasteiger partial charge on any atom is 0.155 e. The number of nitrogens with zero attached hydrogens (tertiary/aromatic N) is 1. The summed E-state index contributed by atoms with van der Waals surface area (Å²) in [5, 5.41) is 9.61. The van der Waals surface area contributed by atoms with Crippen LogP contribution in [-0.4, -0.2) is 15.9 Å². The predicted octanol–water partition coefficient (Wildman–Crippen LogP) is 8.69. The Morgan fingerprint density at radius 2 is 1.61 bits per heavy atom. The van der Waals surface area contributed by atoms with Crippen LogP contribution in [0.15, 0.2) is 60.5 Å². The zero-order valence-electron chi connectivity index (χ0n) is 22.2. The average Bonchev–Trinajstić information content (AvgIpc) is 3.15. The number of aliphatic hydroxyl groups excluding tert-OH is 1. The molecule has 0 unspecified atom stereocenters. The molecule has 5 heteroatoms. The maximum atomic E-state index is 10.0. The fourth-order valence-corrected chi connectivity index (χ4v) is 4.93. The Kier molecular flexibility index (Phi) is 9.96. The fourth-order valence-electron chi connectivity index (χ4n) is 3.93. The number of thiophene rings is 1. The number of aliphatic hydroxyl groups is 1. The fraction of sp³-hybridized carbons (Fsp3) is 0.290. The van der Waals surface area contributed by atoms with Crippen LogP contribution < -0.4 is 0 Å². The molecule has 2 aromatic heterocycles. The monoisotopic (exact) mass is 677 g/mol. The Balaban J connectivity index is 0.000000503. The van der Waals surface area contributed by atoms with Gasteiger partial charge in [-0.15, -0.1) is 46.2 Å². The number of pyridine rings is 1. The number of carbonyl (C=O) groups excluding carboxylic acids is 1. The molecule has 0 aliphatic heterocycles. The summed E-state index contributed by atoms with van der Waals surface area (Å²) in [5.41, 5.74) is 8.55. The van der Waals surface area contributed by atoms with Gasteiger partial charge in [0.15, 0.2) is 5.78 Å². The molecule has 0 aliphatic rings. The molecule has 2 heterocycles. The molecule has 0 atom stereocenters. The standard InChI is InChI=1S/C26H26NS.C5H8O2.Ir/c1-16-7-17(2)10-20(9-16)24-14-21-13-23(27-15-25(21)28-24)19-8-18(3)11-22(12-19)26(4,5)6;1-4(6)3-5(2)7;/h7,9-15H,1-6H3;3,6H,1-2H3;/q-1;;/b;4-3-;. The van der Waals surface area contributed by atoms with Crippen molar-refractivity contribution < 1.29 is 30.0 Å². The van der Waals surface area contributed by atoms with Crippen LogP contribution in [0.4, 0.5) is 0 Å². The largest absolute Gasteiger partial charge is 0.512 e. The number of hydrogen-bond acceptors (Lipinski definition) is 4. The molecule has 191 valence electrons. The van der Waals surface area contributed by atoms with E-state index in [0.29, 0.717) is 0 Å². The topological polar surface area (TPSA) is 50.2 Å². The van der Waals surface area contributed by atoms with Gasteiger partial charge in [-0.2, -0.15) is 0 Å². The first-order valence-electron chi connectivity index (χ1n) is 11.7. The molecular formula is C31H34IrNO2S-. The average molecular weight is 677 g/mol. The molecule has 36 heavy (non-hydrogen) atoms. The van der Waals surface area contributed by atoms with E-state index < -0.39 is 0 Å². The van der Waals surface area contributed by atoms with E-state index in [2.05, 4.69) is 90.1 Å². The first-order chi connectivity index (χ1) is 16.3. The third-order valence-electron chi connectivity index (χ3n) is 5.47. The minimum atomic E-state index is -0.125. The van der Waals surface area contributed by atoms with Gasteiger partial charge >= 0.3 is 0 Å². The Hall–Kier alpha value is -2.59. The summed E-state index contributed by atoms with van der Waals surface area (Å²) >= 11 is 1.81. The number of benzene rings is 2. The van der Waals surface area contributed by atoms with Gasteiger partial charge in [0.05, 0.1) is 10.5 Å². The minimum absolute atomic E-state index is 0. The Morgan fingerprint density at radius 3 is 2.14 bits per heavy atom. The molecule has 0 bridgehead atoms. The Morgan fingerprint density at radius 1 is 0.972 bits per heavy atom. The number of ketones is 1. The number of hydrogen-bond donors (Lipinski definition) is 1. The normalized spacial score (nSPS) is 11.5. The molecule has 0 fully saturated rings. The number of allylic oxidation sites excluding steroid dienone is 2. The van der Waals surface area contributed by atoms with E-state index in [9.17, 15) is 4.79 Å². The molecule has 3 nitrogen and oxygen atoms in total. The third-order valence-corrected chi connectivity index (χ3v) is 6.60. The molecule has 4 rings (SSSR count). The van der Waals surface area contributed by atoms with Crippen LogP contribution in [0, 0.1) is 26.8 Å². The van der Waals surface area contributed by atoms with Crippen molar-refractivity contribution in [2.24, 2.45) is 0 Å². The zero-order chi connectivity index (χ0) is 25.9. The maximum absolute atomic E-state index is 10.0. The van der Waals surface area contributed by atoms with Gasteiger partial charge in [0, 0.05) is 37.3 Å². The second-order valence-corrected chi connectivity index (χ2v) is 11.3. The summed E-state index contributed by atoms with van der Waals surface area (Å²) in [6.45, 7) is 16.0. The second kappa shape index (κ2) is 12.1. The minimum Gasteiger partial charge on any atom is -0.512 e. The van der Waals surface area contributed by atoms with Gasteiger partial charge in [0.25, 0.3) is 0 Å². The first-order valence-corrected chi connectivity index (χ1v) is 12.5. The van der Waals surface area contributed by atoms with E-state index in [0.717, 1.165) is 16.8 Å². The van der Waals surface area contributed by atoms with Crippen molar-refractivity contribution in [3.63, 3.8) is 0 Å². The third kappa shape index (κ3) is 7.96. The van der Waals surface area contributed by atoms with Crippen molar-refractivity contribution in [2.75, 3.05) is 0 Å². The SMILES string of the molecule is CC(=O)/C=C(/C)O.Cc1[c-]c(-c2cc3cc(-c4cc(C)cc(C)c4)sc3cn2)cc(C(C)(C)C)c1.[Ir]. The van der Waals surface area contributed by atoms with Crippen LogP contribution in [0.5, 0.6) is 0 Å². The van der Waals surface area contributed by atoms with Gasteiger partial charge in [-0.3, -0.25) is 4.79 Å². The van der Waals surface area contributed by atoms with Crippen LogP contribution in [0.1, 0.15) is 56.9 Å². The van der Waals surface area contributed by atoms with Gasteiger partial charge in [-0.05, 0) is 55.8 Å². The summed E-state index contributed by atoms with van der Waals surface area (Å²) < 4.78 is 1.22. The Labute approximate surface area is 232 Å². The second-order valence-electron chi connectivity index (χ2n) is 10.2. The van der Waals surface area contributed by atoms with Crippen LogP contribution in [0.3, 0.4) is 0 Å². The van der Waals surface area contributed by atoms with Gasteiger partial charge in [0.1, 0.15) is 0 Å². The summed E-state index contributed by atoms with van der Waals surface area (Å²) in [6, 6.07) is 19.2. The van der Waals surface area contributed by atoms with E-state index in [1.54, 1.807) is 0 Å². The van der Waals surface area contributed by atoms with Crippen LogP contribution in [-0.2, 0) is 30.3 Å². The van der Waals surface area contributed by atoms with Gasteiger partial charge in [0.2, 0.25) is 0 Å². The zero-order valence-corrected chi connectivity index (χ0v) is 25.5. The van der Waals surface area contributed by atoms with E-state index in [1.807, 2.05) is 17.5 Å². The number of aromatic nitrogens is 1. The molecular weight excluding hydrogens is 643 g/mol. The van der Waals surface area contributed by atoms with Crippen molar-refractivity contribution in [1.82, 2.24) is 4.98 Å². The van der Waals surface area contributed by atoms with Crippen molar-refractivity contribution in [3.05, 3.63) is 88.8 Å². The summed E-state index contributed by atoms with van der Waals surface area (Å²) in [6.07, 6.45) is 3.18. The van der Waals surface area contributed by atoms with Crippen LogP contribution >= 0.6 is 11.3 Å². The molecule has 2 aromatic carbocycles. The van der Waals surface area contributed by atoms with E-state index in [1.165, 1.54) is 57.1 Å². The summed E-state index contributed by atoms with van der Waals surface area (Å²) in [4.78, 5) is 16.1. The summed E-state index contributed by atoms with van der Waals surface area (Å²) in [5.74, 6) is -0.0625. The number of fused-ring (bicyclic) bond motifs is 1. The van der Waals surface area contributed by atoms with E-state index in [4.69, 9.17) is 10.1 Å². The van der Waals surface area contributed by atoms with Crippen molar-refractivity contribution in [2.45, 2.75) is 60.8 Å². The quantitative estimate of drug-likeness (QED) is 0.134. The van der Waals surface area contributed by atoms with Crippen LogP contribution in [0.25, 0.3) is 31.8 Å². The van der Waals surface area contributed by atoms with Gasteiger partial charge < -0.3 is 10.1 Å². The smallest absolute Gasteiger partial charge is 0.155 e. The molecule has 0 aliphatic carbocycles. The van der Waals surface area contributed by atoms with E-state index in [-0.39, 0.29) is 37.1 Å². The van der Waals surface area contributed by atoms with Gasteiger partial charge in [-0.25, -0.2) is 0 Å². The number of rotatable bonds is 3. The molecule has 0 saturated heterocycles. The van der Waals surface area contributed by atoms with E-state index >= 15 is 0 Å². The van der Waals surface area contributed by atoms with Crippen molar-refractivity contribution in [3.8, 4) is 21.7 Å². The van der Waals surface area contributed by atoms with Crippen molar-refractivity contribution in [1.29, 1.82) is 0 Å². The van der Waals surface area contributed by atoms with Gasteiger partial charge in [-0.1, -0.05) is 63.1 Å². The molecule has 0 spiro atoms. The summed E-state index contributed by atoms with van der Waals surface area (Å²) in [7, 11) is 0. The first kappa shape index (κ1) is 29.6. The number of aryl methyl sites for hydroxylation is 3. The molecule has 0 amide bonds. The molecule has 1 radical (unpaired) electrons. The van der Waals surface area contributed by atoms with Crippen LogP contribution in [0.2, 0.25) is 0 Å². The molecule has 4 aromatic rings. The molecule has 0 saturated carbocycles. The predicted molar refractivity (Wildman–Crippen MR) is 149 cm³/mol. The molecule has 1 N–H and O–H groups in total. The Bertz CT molecular complexity index is 1390. The van der Waals surface area contributed by atoms with Crippen molar-refractivity contribution >= 4 is 27.2 Å².